The number of H-pyrrole nitrogens is 2. The maximum atomic E-state index is 13.2. The van der Waals surface area contributed by atoms with E-state index >= 15 is 0 Å². The lowest BCUT2D eigenvalue weighted by Crippen LogP contribution is -2.30. The van der Waals surface area contributed by atoms with Crippen molar-refractivity contribution in [3.63, 3.8) is 0 Å². The van der Waals surface area contributed by atoms with Crippen molar-refractivity contribution in [1.29, 1.82) is 0 Å². The van der Waals surface area contributed by atoms with Gasteiger partial charge in [0.05, 0.1) is 24.6 Å². The van der Waals surface area contributed by atoms with Gasteiger partial charge in [0.15, 0.2) is 0 Å². The van der Waals surface area contributed by atoms with E-state index in [1.807, 2.05) is 43.3 Å². The van der Waals surface area contributed by atoms with Gasteiger partial charge in [-0.05, 0) is 36.8 Å². The molecule has 0 fully saturated rings. The minimum Gasteiger partial charge on any atom is -0.497 e. The summed E-state index contributed by atoms with van der Waals surface area (Å²) in [6, 6.07) is 11.6. The molecule has 4 rings (SSSR count). The minimum absolute atomic E-state index is 0.0329. The van der Waals surface area contributed by atoms with E-state index < -0.39 is 0 Å². The fourth-order valence-corrected chi connectivity index (χ4v) is 3.22. The molecule has 0 saturated carbocycles. The third-order valence-electron chi connectivity index (χ3n) is 4.74. The Hall–Kier alpha value is -3.61. The SMILES string of the molecule is CCN(Cc1cccc(OC)c1)C(=O)c1c[nH]c2nc(-c3cn[nH]c3)ccc12. The van der Waals surface area contributed by atoms with Crippen molar-refractivity contribution in [2.24, 2.45) is 0 Å². The fourth-order valence-electron chi connectivity index (χ4n) is 3.22. The van der Waals surface area contributed by atoms with Gasteiger partial charge in [-0.15, -0.1) is 0 Å². The second-order valence-corrected chi connectivity index (χ2v) is 6.45. The van der Waals surface area contributed by atoms with Crippen LogP contribution in [0.15, 0.2) is 55.0 Å². The Morgan fingerprint density at radius 1 is 1.21 bits per heavy atom. The van der Waals surface area contributed by atoms with Crippen LogP contribution < -0.4 is 4.74 Å². The molecule has 0 aliphatic rings. The lowest BCUT2D eigenvalue weighted by molar-refractivity contribution is 0.0754. The van der Waals surface area contributed by atoms with E-state index in [2.05, 4.69) is 20.2 Å². The van der Waals surface area contributed by atoms with Crippen molar-refractivity contribution in [2.75, 3.05) is 13.7 Å². The zero-order valence-electron chi connectivity index (χ0n) is 15.8. The number of methoxy groups -OCH3 is 1. The van der Waals surface area contributed by atoms with Crippen molar-refractivity contribution >= 4 is 16.9 Å². The molecule has 0 atom stereocenters. The molecule has 142 valence electrons. The van der Waals surface area contributed by atoms with E-state index in [-0.39, 0.29) is 5.91 Å². The van der Waals surface area contributed by atoms with Crippen molar-refractivity contribution < 1.29 is 9.53 Å². The molecule has 2 N–H and O–H groups in total. The summed E-state index contributed by atoms with van der Waals surface area (Å²) in [5.41, 5.74) is 4.02. The highest BCUT2D eigenvalue weighted by Crippen LogP contribution is 2.24. The highest BCUT2D eigenvalue weighted by atomic mass is 16.5. The Bertz CT molecular complexity index is 1100. The van der Waals surface area contributed by atoms with Crippen LogP contribution in [-0.2, 0) is 6.54 Å². The molecule has 1 amide bonds. The van der Waals surface area contributed by atoms with Crippen molar-refractivity contribution in [1.82, 2.24) is 25.1 Å². The number of pyridine rings is 1. The van der Waals surface area contributed by atoms with E-state index in [0.29, 0.717) is 24.3 Å². The summed E-state index contributed by atoms with van der Waals surface area (Å²) < 4.78 is 5.28. The van der Waals surface area contributed by atoms with Crippen molar-refractivity contribution in [3.05, 3.63) is 66.1 Å². The van der Waals surface area contributed by atoms with E-state index in [0.717, 1.165) is 28.0 Å². The minimum atomic E-state index is -0.0329. The van der Waals surface area contributed by atoms with Gasteiger partial charge in [0.2, 0.25) is 0 Å². The number of aromatic amines is 2. The molecule has 0 unspecified atom stereocenters. The monoisotopic (exact) mass is 375 g/mol. The lowest BCUT2D eigenvalue weighted by Gasteiger charge is -2.21. The first-order chi connectivity index (χ1) is 13.7. The second kappa shape index (κ2) is 7.56. The van der Waals surface area contributed by atoms with Gasteiger partial charge >= 0.3 is 0 Å². The number of nitrogens with one attached hydrogen (secondary N) is 2. The average Bonchev–Trinajstić information content (AvgIpc) is 3.41. The Morgan fingerprint density at radius 2 is 2.11 bits per heavy atom. The van der Waals surface area contributed by atoms with Gasteiger partial charge in [0.1, 0.15) is 11.4 Å². The summed E-state index contributed by atoms with van der Waals surface area (Å²) in [7, 11) is 1.64. The van der Waals surface area contributed by atoms with Crippen LogP contribution in [0.2, 0.25) is 0 Å². The number of hydrogen-bond donors (Lipinski definition) is 2. The predicted octanol–water partition coefficient (Wildman–Crippen LogP) is 3.62. The first-order valence-corrected chi connectivity index (χ1v) is 9.09. The third kappa shape index (κ3) is 3.34. The van der Waals surface area contributed by atoms with Gasteiger partial charge < -0.3 is 14.6 Å². The van der Waals surface area contributed by atoms with E-state index in [1.165, 1.54) is 0 Å². The van der Waals surface area contributed by atoms with Crippen LogP contribution in [-0.4, -0.2) is 44.6 Å². The van der Waals surface area contributed by atoms with Crippen LogP contribution in [0.5, 0.6) is 5.75 Å². The van der Waals surface area contributed by atoms with E-state index in [4.69, 9.17) is 4.74 Å². The average molecular weight is 375 g/mol. The molecule has 0 bridgehead atoms. The quantitative estimate of drug-likeness (QED) is 0.539. The summed E-state index contributed by atoms with van der Waals surface area (Å²) in [6.45, 7) is 3.09. The van der Waals surface area contributed by atoms with Crippen LogP contribution in [0.25, 0.3) is 22.3 Å². The normalized spacial score (nSPS) is 10.9. The molecule has 0 aliphatic heterocycles. The third-order valence-corrected chi connectivity index (χ3v) is 4.74. The second-order valence-electron chi connectivity index (χ2n) is 6.45. The van der Waals surface area contributed by atoms with Crippen LogP contribution in [0.1, 0.15) is 22.8 Å². The zero-order valence-corrected chi connectivity index (χ0v) is 15.8. The van der Waals surface area contributed by atoms with Gasteiger partial charge in [0.25, 0.3) is 5.91 Å². The maximum absolute atomic E-state index is 13.2. The highest BCUT2D eigenvalue weighted by molar-refractivity contribution is 6.06. The standard InChI is InChI=1S/C21H21N5O2/c1-3-26(13-14-5-4-6-16(9-14)28-2)21(27)18-12-22-20-17(18)7-8-19(25-20)15-10-23-24-11-15/h4-12H,3,13H2,1-2H3,(H,22,25)(H,23,24). The van der Waals surface area contributed by atoms with E-state index in [1.54, 1.807) is 30.6 Å². The molecule has 0 saturated heterocycles. The smallest absolute Gasteiger partial charge is 0.256 e. The number of aromatic nitrogens is 4. The van der Waals surface area contributed by atoms with Gasteiger partial charge in [-0.25, -0.2) is 4.98 Å². The number of amides is 1. The Labute approximate surface area is 162 Å². The number of hydrogen-bond acceptors (Lipinski definition) is 4. The number of rotatable bonds is 6. The number of benzene rings is 1. The summed E-state index contributed by atoms with van der Waals surface area (Å²) in [5, 5.41) is 7.54. The summed E-state index contributed by atoms with van der Waals surface area (Å²) in [4.78, 5) is 22.7. The largest absolute Gasteiger partial charge is 0.497 e. The van der Waals surface area contributed by atoms with Crippen molar-refractivity contribution in [3.8, 4) is 17.0 Å². The molecular formula is C21H21N5O2. The molecule has 0 spiro atoms. The molecule has 3 aromatic heterocycles. The van der Waals surface area contributed by atoms with Crippen molar-refractivity contribution in [2.45, 2.75) is 13.5 Å². The zero-order chi connectivity index (χ0) is 19.5. The van der Waals surface area contributed by atoms with Crippen LogP contribution >= 0.6 is 0 Å². The van der Waals surface area contributed by atoms with Gasteiger partial charge in [-0.2, -0.15) is 5.10 Å². The molecular weight excluding hydrogens is 354 g/mol. The molecule has 4 aromatic rings. The van der Waals surface area contributed by atoms with Crippen LogP contribution in [0.3, 0.4) is 0 Å². The first-order valence-electron chi connectivity index (χ1n) is 9.09. The summed E-state index contributed by atoms with van der Waals surface area (Å²) >= 11 is 0. The van der Waals surface area contributed by atoms with Crippen LogP contribution in [0, 0.1) is 0 Å². The molecule has 7 nitrogen and oxygen atoms in total. The number of nitrogens with zero attached hydrogens (tertiary/aromatic N) is 3. The maximum Gasteiger partial charge on any atom is 0.256 e. The molecule has 3 heterocycles. The molecule has 7 heteroatoms. The summed E-state index contributed by atoms with van der Waals surface area (Å²) in [5.74, 6) is 0.749. The van der Waals surface area contributed by atoms with Gasteiger partial charge in [0, 0.05) is 36.4 Å². The topological polar surface area (TPSA) is 86.9 Å². The molecule has 0 aliphatic carbocycles. The number of ether oxygens (including phenoxy) is 1. The number of carbonyl (C=O) groups is 1. The first kappa shape index (κ1) is 17.8. The van der Waals surface area contributed by atoms with Gasteiger partial charge in [-0.3, -0.25) is 9.89 Å². The van der Waals surface area contributed by atoms with Crippen LogP contribution in [0.4, 0.5) is 0 Å². The Morgan fingerprint density at radius 3 is 2.86 bits per heavy atom. The molecule has 1 aromatic carbocycles. The summed E-state index contributed by atoms with van der Waals surface area (Å²) in [6.07, 6.45) is 5.24. The van der Waals surface area contributed by atoms with E-state index in [9.17, 15) is 4.79 Å². The number of fused-ring (bicyclic) bond motifs is 1. The number of carbonyl (C=O) groups excluding carboxylic acids is 1. The Kier molecular flexibility index (Phi) is 4.80. The fraction of sp³-hybridized carbons (Fsp3) is 0.190. The Balaban J connectivity index is 1.61. The van der Waals surface area contributed by atoms with Gasteiger partial charge in [-0.1, -0.05) is 12.1 Å². The lowest BCUT2D eigenvalue weighted by atomic mass is 10.1. The molecule has 0 radical (unpaired) electrons. The molecule has 28 heavy (non-hydrogen) atoms. The highest BCUT2D eigenvalue weighted by Gasteiger charge is 2.19. The predicted molar refractivity (Wildman–Crippen MR) is 107 cm³/mol.